The highest BCUT2D eigenvalue weighted by Crippen LogP contribution is 2.36. The molecule has 0 aromatic heterocycles. The Morgan fingerprint density at radius 3 is 2.84 bits per heavy atom. The molecule has 0 spiro atoms. The van der Waals surface area contributed by atoms with Crippen LogP contribution in [-0.2, 0) is 4.79 Å². The van der Waals surface area contributed by atoms with Crippen LogP contribution in [0.4, 0.5) is 21.5 Å². The minimum absolute atomic E-state index is 0.112. The van der Waals surface area contributed by atoms with Crippen LogP contribution in [0.3, 0.4) is 0 Å². The van der Waals surface area contributed by atoms with Crippen molar-refractivity contribution in [3.63, 3.8) is 0 Å². The molecule has 0 atom stereocenters. The van der Waals surface area contributed by atoms with E-state index in [0.717, 1.165) is 15.8 Å². The third kappa shape index (κ3) is 2.33. The molecule has 0 radical (unpaired) electrons. The van der Waals surface area contributed by atoms with E-state index in [1.807, 2.05) is 18.2 Å². The van der Waals surface area contributed by atoms with Gasteiger partial charge in [-0.05, 0) is 36.4 Å². The Morgan fingerprint density at radius 1 is 1.21 bits per heavy atom. The van der Waals surface area contributed by atoms with Crippen LogP contribution < -0.4 is 10.2 Å². The zero-order chi connectivity index (χ0) is 13.4. The Hall–Kier alpha value is -1.88. The summed E-state index contributed by atoms with van der Waals surface area (Å²) in [5.74, 6) is -0.431. The van der Waals surface area contributed by atoms with E-state index in [0.29, 0.717) is 5.69 Å². The monoisotopic (exact) mass is 320 g/mol. The standard InChI is InChI=1S/C14H10BrFN2O/c15-9-4-5-12-13(6-9)18(8-14(19)17-12)11-3-1-2-10(16)7-11/h1-7H,8H2,(H,17,19). The van der Waals surface area contributed by atoms with E-state index in [9.17, 15) is 9.18 Å². The van der Waals surface area contributed by atoms with E-state index in [1.165, 1.54) is 12.1 Å². The molecule has 2 aromatic carbocycles. The van der Waals surface area contributed by atoms with Crippen molar-refractivity contribution in [2.75, 3.05) is 16.8 Å². The molecule has 0 unspecified atom stereocenters. The normalized spacial score (nSPS) is 14.0. The summed E-state index contributed by atoms with van der Waals surface area (Å²) in [6.45, 7) is 0.174. The Labute approximate surface area is 118 Å². The average Bonchev–Trinajstić information content (AvgIpc) is 2.38. The molecule has 1 N–H and O–H groups in total. The van der Waals surface area contributed by atoms with Crippen LogP contribution in [0.2, 0.25) is 0 Å². The molecule has 19 heavy (non-hydrogen) atoms. The maximum absolute atomic E-state index is 13.3. The summed E-state index contributed by atoms with van der Waals surface area (Å²) in [7, 11) is 0. The van der Waals surface area contributed by atoms with Crippen molar-refractivity contribution in [3.05, 3.63) is 52.8 Å². The molecular weight excluding hydrogens is 311 g/mol. The summed E-state index contributed by atoms with van der Waals surface area (Å²) in [4.78, 5) is 13.5. The third-order valence-corrected chi connectivity index (χ3v) is 3.44. The lowest BCUT2D eigenvalue weighted by molar-refractivity contribution is -0.115. The van der Waals surface area contributed by atoms with Gasteiger partial charge in [-0.3, -0.25) is 4.79 Å². The molecular formula is C14H10BrFN2O. The second kappa shape index (κ2) is 4.66. The van der Waals surface area contributed by atoms with Crippen LogP contribution in [0, 0.1) is 5.82 Å². The fourth-order valence-electron chi connectivity index (χ4n) is 2.13. The van der Waals surface area contributed by atoms with Gasteiger partial charge in [-0.1, -0.05) is 22.0 Å². The van der Waals surface area contributed by atoms with Crippen molar-refractivity contribution >= 4 is 38.9 Å². The number of nitrogens with zero attached hydrogens (tertiary/aromatic N) is 1. The Kier molecular flexibility index (Phi) is 2.98. The zero-order valence-electron chi connectivity index (χ0n) is 9.86. The summed E-state index contributed by atoms with van der Waals surface area (Å²) < 4.78 is 14.2. The summed E-state index contributed by atoms with van der Waals surface area (Å²) in [5.41, 5.74) is 2.23. The lowest BCUT2D eigenvalue weighted by Gasteiger charge is -2.31. The van der Waals surface area contributed by atoms with E-state index in [1.54, 1.807) is 17.0 Å². The molecule has 3 nitrogen and oxygen atoms in total. The van der Waals surface area contributed by atoms with Crippen molar-refractivity contribution in [2.24, 2.45) is 0 Å². The number of anilines is 3. The predicted octanol–water partition coefficient (Wildman–Crippen LogP) is 3.68. The molecule has 5 heteroatoms. The molecule has 2 aromatic rings. The van der Waals surface area contributed by atoms with Gasteiger partial charge in [0.1, 0.15) is 12.4 Å². The van der Waals surface area contributed by atoms with Crippen molar-refractivity contribution in [2.45, 2.75) is 0 Å². The van der Waals surface area contributed by atoms with E-state index < -0.39 is 0 Å². The van der Waals surface area contributed by atoms with Crippen molar-refractivity contribution in [1.29, 1.82) is 0 Å². The van der Waals surface area contributed by atoms with Gasteiger partial charge in [0.15, 0.2) is 0 Å². The van der Waals surface area contributed by atoms with Gasteiger partial charge < -0.3 is 10.2 Å². The van der Waals surface area contributed by atoms with Crippen LogP contribution >= 0.6 is 15.9 Å². The smallest absolute Gasteiger partial charge is 0.244 e. The molecule has 0 aliphatic carbocycles. The first-order chi connectivity index (χ1) is 9.13. The number of rotatable bonds is 1. The maximum atomic E-state index is 13.3. The van der Waals surface area contributed by atoms with Gasteiger partial charge in [-0.15, -0.1) is 0 Å². The Balaban J connectivity index is 2.12. The first kappa shape index (κ1) is 12.2. The molecule has 3 rings (SSSR count). The molecule has 1 aliphatic heterocycles. The summed E-state index contributed by atoms with van der Waals surface area (Å²) in [6.07, 6.45) is 0. The first-order valence-corrected chi connectivity index (χ1v) is 6.55. The summed E-state index contributed by atoms with van der Waals surface area (Å²) in [6, 6.07) is 11.8. The average molecular weight is 321 g/mol. The third-order valence-electron chi connectivity index (χ3n) is 2.95. The largest absolute Gasteiger partial charge is 0.330 e. The van der Waals surface area contributed by atoms with Crippen LogP contribution in [-0.4, -0.2) is 12.5 Å². The predicted molar refractivity (Wildman–Crippen MR) is 76.2 cm³/mol. The molecule has 0 fully saturated rings. The van der Waals surface area contributed by atoms with Crippen LogP contribution in [0.1, 0.15) is 0 Å². The van der Waals surface area contributed by atoms with Crippen molar-refractivity contribution < 1.29 is 9.18 Å². The highest BCUT2D eigenvalue weighted by molar-refractivity contribution is 9.10. The summed E-state index contributed by atoms with van der Waals surface area (Å²) in [5, 5.41) is 2.81. The second-order valence-electron chi connectivity index (χ2n) is 4.28. The molecule has 1 amide bonds. The number of carbonyl (C=O) groups is 1. The Bertz CT molecular complexity index is 660. The number of benzene rings is 2. The number of nitrogens with one attached hydrogen (secondary N) is 1. The fourth-order valence-corrected chi connectivity index (χ4v) is 2.48. The highest BCUT2D eigenvalue weighted by atomic mass is 79.9. The first-order valence-electron chi connectivity index (χ1n) is 5.76. The zero-order valence-corrected chi connectivity index (χ0v) is 11.4. The number of fused-ring (bicyclic) bond motifs is 1. The van der Waals surface area contributed by atoms with Crippen LogP contribution in [0.5, 0.6) is 0 Å². The van der Waals surface area contributed by atoms with Crippen molar-refractivity contribution in [3.8, 4) is 0 Å². The highest BCUT2D eigenvalue weighted by Gasteiger charge is 2.23. The fraction of sp³-hybridized carbons (Fsp3) is 0.0714. The topological polar surface area (TPSA) is 32.3 Å². The van der Waals surface area contributed by atoms with E-state index in [4.69, 9.17) is 0 Å². The van der Waals surface area contributed by atoms with Crippen LogP contribution in [0.15, 0.2) is 46.9 Å². The van der Waals surface area contributed by atoms with Gasteiger partial charge in [-0.2, -0.15) is 0 Å². The number of halogens is 2. The van der Waals surface area contributed by atoms with Gasteiger partial charge >= 0.3 is 0 Å². The van der Waals surface area contributed by atoms with E-state index >= 15 is 0 Å². The van der Waals surface area contributed by atoms with Gasteiger partial charge in [0.2, 0.25) is 5.91 Å². The van der Waals surface area contributed by atoms with E-state index in [-0.39, 0.29) is 18.3 Å². The molecule has 96 valence electrons. The number of carbonyl (C=O) groups excluding carboxylic acids is 1. The van der Waals surface area contributed by atoms with Gasteiger partial charge in [-0.25, -0.2) is 4.39 Å². The lowest BCUT2D eigenvalue weighted by atomic mass is 10.1. The molecule has 1 aliphatic rings. The van der Waals surface area contributed by atoms with Crippen LogP contribution in [0.25, 0.3) is 0 Å². The molecule has 1 heterocycles. The minimum atomic E-state index is -0.319. The van der Waals surface area contributed by atoms with E-state index in [2.05, 4.69) is 21.2 Å². The molecule has 0 bridgehead atoms. The summed E-state index contributed by atoms with van der Waals surface area (Å²) >= 11 is 3.41. The lowest BCUT2D eigenvalue weighted by Crippen LogP contribution is -2.35. The maximum Gasteiger partial charge on any atom is 0.244 e. The Morgan fingerprint density at radius 2 is 2.05 bits per heavy atom. The molecule has 0 saturated heterocycles. The number of amides is 1. The van der Waals surface area contributed by atoms with Gasteiger partial charge in [0.25, 0.3) is 0 Å². The second-order valence-corrected chi connectivity index (χ2v) is 5.19. The van der Waals surface area contributed by atoms with Gasteiger partial charge in [0.05, 0.1) is 11.4 Å². The molecule has 0 saturated carbocycles. The number of hydrogen-bond donors (Lipinski definition) is 1. The quantitative estimate of drug-likeness (QED) is 0.869. The SMILES string of the molecule is O=C1CN(c2cccc(F)c2)c2cc(Br)ccc2N1. The van der Waals surface area contributed by atoms with Gasteiger partial charge in [0, 0.05) is 10.2 Å². The van der Waals surface area contributed by atoms with Crippen molar-refractivity contribution in [1.82, 2.24) is 0 Å². The number of hydrogen-bond acceptors (Lipinski definition) is 2. The minimum Gasteiger partial charge on any atom is -0.330 e.